The molecule has 0 atom stereocenters. The summed E-state index contributed by atoms with van der Waals surface area (Å²) in [6.07, 6.45) is 1.63. The summed E-state index contributed by atoms with van der Waals surface area (Å²) in [5.74, 6) is -0.487. The summed E-state index contributed by atoms with van der Waals surface area (Å²) in [7, 11) is -3.30. The Bertz CT molecular complexity index is 505. The van der Waals surface area contributed by atoms with Crippen LogP contribution in [-0.2, 0) is 21.2 Å². The molecule has 0 saturated carbocycles. The Kier molecular flexibility index (Phi) is 4.28. The molecule has 0 aromatic carbocycles. The number of aryl methyl sites for hydroxylation is 2. The van der Waals surface area contributed by atoms with Gasteiger partial charge in [0.15, 0.2) is 9.84 Å². The van der Waals surface area contributed by atoms with Crippen molar-refractivity contribution >= 4 is 21.6 Å². The van der Waals surface area contributed by atoms with Gasteiger partial charge in [-0.1, -0.05) is 6.92 Å². The maximum atomic E-state index is 11.6. The van der Waals surface area contributed by atoms with E-state index in [9.17, 15) is 13.2 Å². The first-order chi connectivity index (χ1) is 7.89. The van der Waals surface area contributed by atoms with Crippen molar-refractivity contribution in [1.82, 2.24) is 9.78 Å². The van der Waals surface area contributed by atoms with Crippen LogP contribution in [0.1, 0.15) is 19.4 Å². The van der Waals surface area contributed by atoms with Crippen molar-refractivity contribution in [1.29, 1.82) is 0 Å². The maximum absolute atomic E-state index is 11.6. The predicted molar refractivity (Wildman–Crippen MR) is 65.6 cm³/mol. The van der Waals surface area contributed by atoms with Crippen molar-refractivity contribution < 1.29 is 13.2 Å². The normalized spacial score (nSPS) is 11.5. The van der Waals surface area contributed by atoms with Gasteiger partial charge in [0.1, 0.15) is 11.6 Å². The van der Waals surface area contributed by atoms with E-state index in [0.717, 1.165) is 5.56 Å². The van der Waals surface area contributed by atoms with Gasteiger partial charge in [0.2, 0.25) is 5.91 Å². The van der Waals surface area contributed by atoms with Gasteiger partial charge in [-0.2, -0.15) is 5.10 Å². The fraction of sp³-hybridized carbons (Fsp3) is 0.600. The van der Waals surface area contributed by atoms with Crippen LogP contribution in [0.2, 0.25) is 0 Å². The number of hydrogen-bond acceptors (Lipinski definition) is 4. The lowest BCUT2D eigenvalue weighted by Crippen LogP contribution is -2.25. The summed E-state index contributed by atoms with van der Waals surface area (Å²) in [6.45, 7) is 5.84. The quantitative estimate of drug-likeness (QED) is 0.839. The lowest BCUT2D eigenvalue weighted by atomic mass is 10.3. The Labute approximate surface area is 101 Å². The zero-order valence-corrected chi connectivity index (χ0v) is 11.0. The van der Waals surface area contributed by atoms with Crippen molar-refractivity contribution in [3.63, 3.8) is 0 Å². The van der Waals surface area contributed by atoms with Gasteiger partial charge in [-0.25, -0.2) is 13.1 Å². The maximum Gasteiger partial charge on any atom is 0.240 e. The molecule has 0 bridgehead atoms. The van der Waals surface area contributed by atoms with E-state index in [1.165, 1.54) is 6.92 Å². The van der Waals surface area contributed by atoms with Crippen LogP contribution in [0.3, 0.4) is 0 Å². The van der Waals surface area contributed by atoms with Gasteiger partial charge >= 0.3 is 0 Å². The first-order valence-corrected chi connectivity index (χ1v) is 7.24. The fourth-order valence-corrected chi connectivity index (χ4v) is 2.03. The molecule has 1 rings (SSSR count). The summed E-state index contributed by atoms with van der Waals surface area (Å²) >= 11 is 0. The lowest BCUT2D eigenvalue weighted by Gasteiger charge is -2.08. The van der Waals surface area contributed by atoms with E-state index in [4.69, 9.17) is 0 Å². The Morgan fingerprint density at radius 1 is 1.47 bits per heavy atom. The number of carbonyl (C=O) groups is 1. The van der Waals surface area contributed by atoms with Gasteiger partial charge in [0.25, 0.3) is 0 Å². The number of amides is 1. The van der Waals surface area contributed by atoms with Crippen molar-refractivity contribution in [2.24, 2.45) is 0 Å². The third-order valence-electron chi connectivity index (χ3n) is 2.37. The first-order valence-electron chi connectivity index (χ1n) is 5.42. The second kappa shape index (κ2) is 5.31. The monoisotopic (exact) mass is 259 g/mol. The van der Waals surface area contributed by atoms with Gasteiger partial charge in [-0.15, -0.1) is 0 Å². The van der Waals surface area contributed by atoms with Gasteiger partial charge in [0, 0.05) is 17.9 Å². The molecular formula is C10H17N3O3S. The molecule has 6 nitrogen and oxygen atoms in total. The number of hydrogen-bond donors (Lipinski definition) is 1. The number of aromatic nitrogens is 2. The topological polar surface area (TPSA) is 81.1 Å². The minimum absolute atomic E-state index is 0.0353. The van der Waals surface area contributed by atoms with E-state index in [1.54, 1.807) is 10.9 Å². The average Bonchev–Trinajstić information content (AvgIpc) is 2.59. The molecule has 0 fully saturated rings. The van der Waals surface area contributed by atoms with Gasteiger partial charge < -0.3 is 5.32 Å². The average molecular weight is 259 g/mol. The van der Waals surface area contributed by atoms with Crippen LogP contribution < -0.4 is 5.32 Å². The number of rotatable bonds is 5. The van der Waals surface area contributed by atoms with Crippen LogP contribution in [-0.4, -0.2) is 35.6 Å². The van der Waals surface area contributed by atoms with Crippen molar-refractivity contribution in [2.75, 3.05) is 16.8 Å². The second-order valence-corrected chi connectivity index (χ2v) is 6.07. The molecule has 1 amide bonds. The molecule has 96 valence electrons. The highest BCUT2D eigenvalue weighted by atomic mass is 32.2. The zero-order chi connectivity index (χ0) is 13.1. The number of carbonyl (C=O) groups excluding carboxylic acids is 1. The molecule has 0 aliphatic heterocycles. The van der Waals surface area contributed by atoms with Crippen LogP contribution in [0.25, 0.3) is 0 Å². The number of anilines is 1. The lowest BCUT2D eigenvalue weighted by molar-refractivity contribution is -0.113. The summed E-state index contributed by atoms with van der Waals surface area (Å²) in [5.41, 5.74) is 0.814. The Hall–Kier alpha value is -1.37. The largest absolute Gasteiger partial charge is 0.310 e. The third kappa shape index (κ3) is 3.55. The van der Waals surface area contributed by atoms with Crippen molar-refractivity contribution in [3.8, 4) is 0 Å². The van der Waals surface area contributed by atoms with Crippen molar-refractivity contribution in [3.05, 3.63) is 11.8 Å². The van der Waals surface area contributed by atoms with Crippen LogP contribution in [0, 0.1) is 6.92 Å². The Morgan fingerprint density at radius 3 is 2.65 bits per heavy atom. The summed E-state index contributed by atoms with van der Waals surface area (Å²) in [5, 5.41) is 6.64. The Morgan fingerprint density at radius 2 is 2.12 bits per heavy atom. The summed E-state index contributed by atoms with van der Waals surface area (Å²) in [4.78, 5) is 11.6. The van der Waals surface area contributed by atoms with Crippen LogP contribution in [0.15, 0.2) is 6.20 Å². The van der Waals surface area contributed by atoms with Gasteiger partial charge in [0.05, 0.1) is 6.20 Å². The molecule has 1 heterocycles. The number of sulfone groups is 1. The van der Waals surface area contributed by atoms with E-state index in [2.05, 4.69) is 10.4 Å². The first kappa shape index (κ1) is 13.7. The highest BCUT2D eigenvalue weighted by molar-refractivity contribution is 7.92. The zero-order valence-electron chi connectivity index (χ0n) is 10.2. The molecule has 0 saturated heterocycles. The number of nitrogens with one attached hydrogen (secondary N) is 1. The molecule has 0 aliphatic carbocycles. The molecule has 0 unspecified atom stereocenters. The molecule has 0 radical (unpaired) electrons. The summed E-state index contributed by atoms with van der Waals surface area (Å²) < 4.78 is 24.2. The standard InChI is InChI=1S/C10H17N3O3S/c1-4-13-10(8(3)6-11-13)12-9(14)7-17(15,16)5-2/h6H,4-5,7H2,1-3H3,(H,12,14). The van der Waals surface area contributed by atoms with Crippen LogP contribution in [0.4, 0.5) is 5.82 Å². The summed E-state index contributed by atoms with van der Waals surface area (Å²) in [6, 6.07) is 0. The Balaban J connectivity index is 2.78. The molecule has 1 N–H and O–H groups in total. The molecule has 17 heavy (non-hydrogen) atoms. The van der Waals surface area contributed by atoms with E-state index >= 15 is 0 Å². The van der Waals surface area contributed by atoms with E-state index in [0.29, 0.717) is 12.4 Å². The van der Waals surface area contributed by atoms with Crippen LogP contribution in [0.5, 0.6) is 0 Å². The highest BCUT2D eigenvalue weighted by Gasteiger charge is 2.16. The molecule has 1 aromatic heterocycles. The molecule has 0 spiro atoms. The third-order valence-corrected chi connectivity index (χ3v) is 3.95. The van der Waals surface area contributed by atoms with E-state index in [1.807, 2.05) is 13.8 Å². The van der Waals surface area contributed by atoms with Gasteiger partial charge in [-0.05, 0) is 13.8 Å². The van der Waals surface area contributed by atoms with Crippen molar-refractivity contribution in [2.45, 2.75) is 27.3 Å². The van der Waals surface area contributed by atoms with E-state index < -0.39 is 21.5 Å². The van der Waals surface area contributed by atoms with Crippen LogP contribution >= 0.6 is 0 Å². The molecule has 0 aliphatic rings. The molecule has 7 heteroatoms. The van der Waals surface area contributed by atoms with Gasteiger partial charge in [-0.3, -0.25) is 4.79 Å². The second-order valence-electron chi connectivity index (χ2n) is 3.72. The van der Waals surface area contributed by atoms with E-state index in [-0.39, 0.29) is 5.75 Å². The fourth-order valence-electron chi connectivity index (χ4n) is 1.35. The SMILES string of the molecule is CCn1ncc(C)c1NC(=O)CS(=O)(=O)CC. The number of nitrogens with zero attached hydrogens (tertiary/aromatic N) is 2. The smallest absolute Gasteiger partial charge is 0.240 e. The minimum Gasteiger partial charge on any atom is -0.310 e. The minimum atomic E-state index is -3.30. The molecular weight excluding hydrogens is 242 g/mol. The molecule has 1 aromatic rings. The predicted octanol–water partition coefficient (Wildman–Crippen LogP) is 0.585. The highest BCUT2D eigenvalue weighted by Crippen LogP contribution is 2.13.